The van der Waals surface area contributed by atoms with Gasteiger partial charge in [-0.15, -0.1) is 0 Å². The maximum atomic E-state index is 12.4. The summed E-state index contributed by atoms with van der Waals surface area (Å²) >= 11 is 0. The Labute approximate surface area is 111 Å². The largest absolute Gasteiger partial charge is 0.299 e. The van der Waals surface area contributed by atoms with Crippen LogP contribution in [0.1, 0.15) is 49.3 Å². The van der Waals surface area contributed by atoms with Crippen LogP contribution in [0, 0.1) is 25.7 Å². The number of carbonyl (C=O) groups excluding carboxylic acids is 1. The van der Waals surface area contributed by atoms with Gasteiger partial charge in [0, 0.05) is 12.3 Å². The van der Waals surface area contributed by atoms with E-state index in [0.717, 1.165) is 18.8 Å². The smallest absolute Gasteiger partial charge is 0.140 e. The molecule has 0 aliphatic heterocycles. The lowest BCUT2D eigenvalue weighted by molar-refractivity contribution is -0.123. The van der Waals surface area contributed by atoms with Gasteiger partial charge in [0.05, 0.1) is 0 Å². The second-order valence-electron chi connectivity index (χ2n) is 5.97. The first-order valence-corrected chi connectivity index (χ1v) is 7.15. The predicted molar refractivity (Wildman–Crippen MR) is 75.7 cm³/mol. The maximum absolute atomic E-state index is 12.4. The van der Waals surface area contributed by atoms with Crippen molar-refractivity contribution < 1.29 is 4.79 Å². The van der Waals surface area contributed by atoms with Crippen molar-refractivity contribution >= 4 is 5.78 Å². The SMILES string of the molecule is Cc1cccc(C)c1CC(=O)C1CCC(C)CC1. The van der Waals surface area contributed by atoms with Crippen LogP contribution in [0.5, 0.6) is 0 Å². The highest BCUT2D eigenvalue weighted by molar-refractivity contribution is 5.84. The third-order valence-corrected chi connectivity index (χ3v) is 4.47. The highest BCUT2D eigenvalue weighted by atomic mass is 16.1. The molecule has 0 radical (unpaired) electrons. The fourth-order valence-corrected chi connectivity index (χ4v) is 3.03. The maximum Gasteiger partial charge on any atom is 0.140 e. The number of aryl methyl sites for hydroxylation is 2. The summed E-state index contributed by atoms with van der Waals surface area (Å²) in [5.74, 6) is 1.59. The van der Waals surface area contributed by atoms with E-state index in [4.69, 9.17) is 0 Å². The Hall–Kier alpha value is -1.11. The number of hydrogen-bond acceptors (Lipinski definition) is 1. The van der Waals surface area contributed by atoms with Crippen molar-refractivity contribution in [1.82, 2.24) is 0 Å². The average Bonchev–Trinajstić information content (AvgIpc) is 2.34. The third-order valence-electron chi connectivity index (χ3n) is 4.47. The highest BCUT2D eigenvalue weighted by Gasteiger charge is 2.24. The molecule has 1 heteroatoms. The molecule has 0 heterocycles. The van der Waals surface area contributed by atoms with Gasteiger partial charge in [0.2, 0.25) is 0 Å². The van der Waals surface area contributed by atoms with Crippen LogP contribution in [-0.4, -0.2) is 5.78 Å². The zero-order valence-electron chi connectivity index (χ0n) is 11.8. The molecule has 1 aromatic rings. The van der Waals surface area contributed by atoms with Crippen LogP contribution >= 0.6 is 0 Å². The summed E-state index contributed by atoms with van der Waals surface area (Å²) in [6.07, 6.45) is 5.29. The van der Waals surface area contributed by atoms with Gasteiger partial charge in [0.1, 0.15) is 5.78 Å². The van der Waals surface area contributed by atoms with Crippen molar-refractivity contribution in [3.63, 3.8) is 0 Å². The van der Waals surface area contributed by atoms with E-state index in [9.17, 15) is 4.79 Å². The van der Waals surface area contributed by atoms with E-state index in [0.29, 0.717) is 18.1 Å². The van der Waals surface area contributed by atoms with Crippen LogP contribution in [0.25, 0.3) is 0 Å². The quantitative estimate of drug-likeness (QED) is 0.777. The van der Waals surface area contributed by atoms with E-state index in [1.54, 1.807) is 0 Å². The number of rotatable bonds is 3. The molecule has 18 heavy (non-hydrogen) atoms. The molecular weight excluding hydrogens is 220 g/mol. The van der Waals surface area contributed by atoms with E-state index in [2.05, 4.69) is 39.0 Å². The predicted octanol–water partition coefficient (Wildman–Crippen LogP) is 4.24. The van der Waals surface area contributed by atoms with E-state index in [1.165, 1.54) is 29.5 Å². The number of benzene rings is 1. The standard InChI is InChI=1S/C17H24O/c1-12-7-9-15(10-8-12)17(18)11-16-13(2)5-4-6-14(16)3/h4-6,12,15H,7-11H2,1-3H3. The molecule has 1 aliphatic carbocycles. The van der Waals surface area contributed by atoms with Crippen LogP contribution in [0.3, 0.4) is 0 Å². The Morgan fingerprint density at radius 1 is 1.11 bits per heavy atom. The van der Waals surface area contributed by atoms with E-state index in [1.807, 2.05) is 0 Å². The molecule has 0 spiro atoms. The first-order chi connectivity index (χ1) is 8.58. The van der Waals surface area contributed by atoms with Crippen LogP contribution in [-0.2, 0) is 11.2 Å². The second kappa shape index (κ2) is 5.69. The molecule has 0 atom stereocenters. The van der Waals surface area contributed by atoms with Crippen molar-refractivity contribution in [2.24, 2.45) is 11.8 Å². The fraction of sp³-hybridized carbons (Fsp3) is 0.588. The van der Waals surface area contributed by atoms with Crippen molar-refractivity contribution in [2.75, 3.05) is 0 Å². The number of hydrogen-bond donors (Lipinski definition) is 0. The minimum atomic E-state index is 0.320. The summed E-state index contributed by atoms with van der Waals surface area (Å²) in [6.45, 7) is 6.52. The molecule has 0 unspecified atom stereocenters. The molecule has 0 saturated heterocycles. The molecule has 98 valence electrons. The minimum Gasteiger partial charge on any atom is -0.299 e. The highest BCUT2D eigenvalue weighted by Crippen LogP contribution is 2.30. The molecule has 1 saturated carbocycles. The van der Waals surface area contributed by atoms with Gasteiger partial charge in [-0.25, -0.2) is 0 Å². The number of ketones is 1. The van der Waals surface area contributed by atoms with E-state index >= 15 is 0 Å². The summed E-state index contributed by atoms with van der Waals surface area (Å²) in [7, 11) is 0. The van der Waals surface area contributed by atoms with E-state index < -0.39 is 0 Å². The van der Waals surface area contributed by atoms with Crippen LogP contribution in [0.15, 0.2) is 18.2 Å². The van der Waals surface area contributed by atoms with Crippen molar-refractivity contribution in [3.05, 3.63) is 34.9 Å². The molecule has 1 aliphatic rings. The zero-order valence-corrected chi connectivity index (χ0v) is 11.8. The molecule has 0 amide bonds. The van der Waals surface area contributed by atoms with Gasteiger partial charge in [0.15, 0.2) is 0 Å². The molecule has 1 aromatic carbocycles. The molecule has 0 N–H and O–H groups in total. The van der Waals surface area contributed by atoms with Gasteiger partial charge in [0.25, 0.3) is 0 Å². The summed E-state index contributed by atoms with van der Waals surface area (Å²) < 4.78 is 0. The average molecular weight is 244 g/mol. The topological polar surface area (TPSA) is 17.1 Å². The van der Waals surface area contributed by atoms with Crippen LogP contribution in [0.4, 0.5) is 0 Å². The van der Waals surface area contributed by atoms with Crippen molar-refractivity contribution in [1.29, 1.82) is 0 Å². The Bertz CT molecular complexity index is 405. The lowest BCUT2D eigenvalue weighted by Crippen LogP contribution is -2.22. The molecule has 1 nitrogen and oxygen atoms in total. The molecule has 0 aromatic heterocycles. The van der Waals surface area contributed by atoms with Gasteiger partial charge >= 0.3 is 0 Å². The Balaban J connectivity index is 2.03. The minimum absolute atomic E-state index is 0.320. The first kappa shape index (κ1) is 13.3. The van der Waals surface area contributed by atoms with Crippen molar-refractivity contribution in [2.45, 2.75) is 52.9 Å². The summed E-state index contributed by atoms with van der Waals surface area (Å²) in [5.41, 5.74) is 3.76. The first-order valence-electron chi connectivity index (χ1n) is 7.15. The lowest BCUT2D eigenvalue weighted by Gasteiger charge is -2.25. The fourth-order valence-electron chi connectivity index (χ4n) is 3.03. The molecule has 1 fully saturated rings. The number of Topliss-reactive ketones (excluding diaryl/α,β-unsaturated/α-hetero) is 1. The van der Waals surface area contributed by atoms with Gasteiger partial charge in [-0.1, -0.05) is 38.0 Å². The third kappa shape index (κ3) is 3.01. The molecular formula is C17H24O. The Morgan fingerprint density at radius 3 is 2.22 bits per heavy atom. The van der Waals surface area contributed by atoms with Crippen LogP contribution in [0.2, 0.25) is 0 Å². The summed E-state index contributed by atoms with van der Waals surface area (Å²) in [4.78, 5) is 12.4. The van der Waals surface area contributed by atoms with E-state index in [-0.39, 0.29) is 0 Å². The summed E-state index contributed by atoms with van der Waals surface area (Å²) in [6, 6.07) is 6.29. The zero-order chi connectivity index (χ0) is 13.1. The summed E-state index contributed by atoms with van der Waals surface area (Å²) in [5, 5.41) is 0. The monoisotopic (exact) mass is 244 g/mol. The lowest BCUT2D eigenvalue weighted by atomic mass is 9.79. The van der Waals surface area contributed by atoms with Crippen molar-refractivity contribution in [3.8, 4) is 0 Å². The normalized spacial score (nSPS) is 23.9. The molecule has 2 rings (SSSR count). The Kier molecular flexibility index (Phi) is 4.21. The Morgan fingerprint density at radius 2 is 1.67 bits per heavy atom. The van der Waals surface area contributed by atoms with Gasteiger partial charge in [-0.3, -0.25) is 4.79 Å². The van der Waals surface area contributed by atoms with Gasteiger partial charge in [-0.05, 0) is 49.3 Å². The number of carbonyl (C=O) groups is 1. The second-order valence-corrected chi connectivity index (χ2v) is 5.97. The van der Waals surface area contributed by atoms with Gasteiger partial charge < -0.3 is 0 Å². The molecule has 0 bridgehead atoms. The van der Waals surface area contributed by atoms with Gasteiger partial charge in [-0.2, -0.15) is 0 Å². The van der Waals surface area contributed by atoms with Crippen LogP contribution < -0.4 is 0 Å².